The number of carbonyl (C=O) groups is 1. The van der Waals surface area contributed by atoms with Crippen LogP contribution in [0.5, 0.6) is 0 Å². The smallest absolute Gasteiger partial charge is 0.271 e. The molecule has 0 aliphatic carbocycles. The van der Waals surface area contributed by atoms with Gasteiger partial charge in [-0.2, -0.15) is 10.2 Å². The summed E-state index contributed by atoms with van der Waals surface area (Å²) in [7, 11) is 0. The SMILES string of the molecule is CCCCn1nc(C(=O)NCc2ccccc2-c2ccc(Cn3cccn3)cc2)ccc1=O. The highest BCUT2D eigenvalue weighted by Gasteiger charge is 2.11. The van der Waals surface area contributed by atoms with Crippen LogP contribution in [0.2, 0.25) is 0 Å². The molecule has 0 saturated heterocycles. The average Bonchev–Trinajstić information content (AvgIpc) is 3.36. The summed E-state index contributed by atoms with van der Waals surface area (Å²) in [6.07, 6.45) is 5.50. The second-order valence-corrected chi connectivity index (χ2v) is 7.87. The number of aromatic nitrogens is 4. The Morgan fingerprint density at radius 2 is 1.82 bits per heavy atom. The van der Waals surface area contributed by atoms with Gasteiger partial charge in [-0.25, -0.2) is 4.68 Å². The molecule has 2 aromatic heterocycles. The van der Waals surface area contributed by atoms with Crippen molar-refractivity contribution in [2.45, 2.75) is 39.4 Å². The fourth-order valence-electron chi connectivity index (χ4n) is 3.63. The maximum Gasteiger partial charge on any atom is 0.271 e. The van der Waals surface area contributed by atoms with Crippen molar-refractivity contribution in [3.8, 4) is 11.1 Å². The van der Waals surface area contributed by atoms with Crippen LogP contribution in [0, 0.1) is 0 Å². The van der Waals surface area contributed by atoms with E-state index in [1.807, 2.05) is 48.1 Å². The van der Waals surface area contributed by atoms with E-state index in [1.54, 1.807) is 6.20 Å². The first-order valence-corrected chi connectivity index (χ1v) is 11.1. The second kappa shape index (κ2) is 10.5. The van der Waals surface area contributed by atoms with E-state index in [0.717, 1.165) is 41.6 Å². The lowest BCUT2D eigenvalue weighted by molar-refractivity contribution is 0.0943. The largest absolute Gasteiger partial charge is 0.347 e. The first kappa shape index (κ1) is 22.2. The Kier molecular flexibility index (Phi) is 7.09. The first-order valence-electron chi connectivity index (χ1n) is 11.1. The lowest BCUT2D eigenvalue weighted by Gasteiger charge is -2.12. The summed E-state index contributed by atoms with van der Waals surface area (Å²) in [4.78, 5) is 24.7. The Morgan fingerprint density at radius 1 is 1.00 bits per heavy atom. The average molecular weight is 442 g/mol. The minimum atomic E-state index is -0.301. The highest BCUT2D eigenvalue weighted by atomic mass is 16.2. The van der Waals surface area contributed by atoms with Crippen LogP contribution in [-0.4, -0.2) is 25.5 Å². The van der Waals surface area contributed by atoms with Crippen LogP contribution >= 0.6 is 0 Å². The summed E-state index contributed by atoms with van der Waals surface area (Å²) >= 11 is 0. The molecule has 0 saturated carbocycles. The van der Waals surface area contributed by atoms with Crippen molar-refractivity contribution in [1.29, 1.82) is 0 Å². The Labute approximate surface area is 192 Å². The van der Waals surface area contributed by atoms with Gasteiger partial charge in [0.1, 0.15) is 5.69 Å². The highest BCUT2D eigenvalue weighted by Crippen LogP contribution is 2.24. The van der Waals surface area contributed by atoms with Gasteiger partial charge in [0.05, 0.1) is 6.54 Å². The fourth-order valence-corrected chi connectivity index (χ4v) is 3.63. The maximum absolute atomic E-state index is 12.7. The van der Waals surface area contributed by atoms with Crippen LogP contribution in [-0.2, 0) is 19.6 Å². The Balaban J connectivity index is 1.46. The normalized spacial score (nSPS) is 10.8. The molecule has 7 nitrogen and oxygen atoms in total. The zero-order chi connectivity index (χ0) is 23.0. The molecule has 0 radical (unpaired) electrons. The van der Waals surface area contributed by atoms with E-state index in [4.69, 9.17) is 0 Å². The van der Waals surface area contributed by atoms with E-state index in [2.05, 4.69) is 39.8 Å². The van der Waals surface area contributed by atoms with Gasteiger partial charge in [0.2, 0.25) is 0 Å². The summed E-state index contributed by atoms with van der Waals surface area (Å²) in [6.45, 7) is 3.64. The van der Waals surface area contributed by atoms with Gasteiger partial charge in [-0.15, -0.1) is 0 Å². The molecule has 0 fully saturated rings. The quantitative estimate of drug-likeness (QED) is 0.427. The van der Waals surface area contributed by atoms with Gasteiger partial charge in [-0.1, -0.05) is 61.9 Å². The number of amides is 1. The molecule has 2 heterocycles. The third-order valence-electron chi connectivity index (χ3n) is 5.45. The molecule has 0 aliphatic heterocycles. The number of aryl methyl sites for hydroxylation is 1. The highest BCUT2D eigenvalue weighted by molar-refractivity contribution is 5.92. The molecular weight excluding hydrogens is 414 g/mol. The summed E-state index contributed by atoms with van der Waals surface area (Å²) in [5.41, 5.74) is 4.36. The van der Waals surface area contributed by atoms with Crippen LogP contribution in [0.1, 0.15) is 41.4 Å². The topological polar surface area (TPSA) is 81.8 Å². The molecule has 4 rings (SSSR count). The molecule has 0 bridgehead atoms. The van der Waals surface area contributed by atoms with E-state index in [-0.39, 0.29) is 17.2 Å². The van der Waals surface area contributed by atoms with Crippen molar-refractivity contribution in [2.75, 3.05) is 0 Å². The van der Waals surface area contributed by atoms with Crippen LogP contribution in [0.4, 0.5) is 0 Å². The fraction of sp³-hybridized carbons (Fsp3) is 0.231. The summed E-state index contributed by atoms with van der Waals surface area (Å²) in [5.74, 6) is -0.301. The Hall–Kier alpha value is -4.00. The van der Waals surface area contributed by atoms with Crippen molar-refractivity contribution < 1.29 is 4.79 Å². The third-order valence-corrected chi connectivity index (χ3v) is 5.45. The summed E-state index contributed by atoms with van der Waals surface area (Å²) in [5, 5.41) is 11.4. The van der Waals surface area contributed by atoms with Gasteiger partial charge >= 0.3 is 0 Å². The molecule has 2 aromatic carbocycles. The lowest BCUT2D eigenvalue weighted by atomic mass is 9.98. The number of benzene rings is 2. The molecule has 4 aromatic rings. The van der Waals surface area contributed by atoms with Crippen molar-refractivity contribution >= 4 is 5.91 Å². The van der Waals surface area contributed by atoms with E-state index in [9.17, 15) is 9.59 Å². The number of nitrogens with zero attached hydrogens (tertiary/aromatic N) is 4. The van der Waals surface area contributed by atoms with Crippen molar-refractivity contribution in [3.05, 3.63) is 106 Å². The second-order valence-electron chi connectivity index (χ2n) is 7.87. The van der Waals surface area contributed by atoms with E-state index in [0.29, 0.717) is 13.1 Å². The molecule has 33 heavy (non-hydrogen) atoms. The minimum Gasteiger partial charge on any atom is -0.347 e. The predicted molar refractivity (Wildman–Crippen MR) is 128 cm³/mol. The number of rotatable bonds is 9. The first-order chi connectivity index (χ1) is 16.1. The van der Waals surface area contributed by atoms with Crippen LogP contribution in [0.3, 0.4) is 0 Å². The predicted octanol–water partition coefficient (Wildman–Crippen LogP) is 3.89. The van der Waals surface area contributed by atoms with E-state index >= 15 is 0 Å². The van der Waals surface area contributed by atoms with E-state index < -0.39 is 0 Å². The lowest BCUT2D eigenvalue weighted by Crippen LogP contribution is -2.29. The molecule has 0 unspecified atom stereocenters. The molecule has 1 N–H and O–H groups in total. The summed E-state index contributed by atoms with van der Waals surface area (Å²) in [6, 6.07) is 21.1. The maximum atomic E-state index is 12.7. The van der Waals surface area contributed by atoms with Gasteiger partial charge in [0, 0.05) is 31.5 Å². The monoisotopic (exact) mass is 441 g/mol. The van der Waals surface area contributed by atoms with Gasteiger partial charge in [-0.3, -0.25) is 14.3 Å². The molecular formula is C26H27N5O2. The van der Waals surface area contributed by atoms with Gasteiger partial charge in [-0.05, 0) is 40.8 Å². The van der Waals surface area contributed by atoms with Crippen molar-refractivity contribution in [2.24, 2.45) is 0 Å². The number of unbranched alkanes of at least 4 members (excludes halogenated alkanes) is 1. The standard InChI is InChI=1S/C26H27N5O2/c1-2-3-17-31-25(32)14-13-24(29-31)26(33)27-18-22-7-4-5-8-23(22)21-11-9-20(10-12-21)19-30-16-6-15-28-30/h4-16H,2-3,17-19H2,1H3,(H,27,33). The minimum absolute atomic E-state index is 0.193. The number of carbonyl (C=O) groups excluding carboxylic acids is 1. The Bertz CT molecular complexity index is 1260. The zero-order valence-corrected chi connectivity index (χ0v) is 18.6. The van der Waals surface area contributed by atoms with E-state index in [1.165, 1.54) is 16.8 Å². The Morgan fingerprint density at radius 3 is 2.58 bits per heavy atom. The summed E-state index contributed by atoms with van der Waals surface area (Å²) < 4.78 is 3.25. The molecule has 0 atom stereocenters. The molecule has 7 heteroatoms. The van der Waals surface area contributed by atoms with Crippen LogP contribution < -0.4 is 10.9 Å². The number of nitrogens with one attached hydrogen (secondary N) is 1. The van der Waals surface area contributed by atoms with Crippen molar-refractivity contribution in [3.63, 3.8) is 0 Å². The van der Waals surface area contributed by atoms with Gasteiger partial charge in [0.25, 0.3) is 11.5 Å². The molecule has 0 aliphatic rings. The van der Waals surface area contributed by atoms with Gasteiger partial charge in [0.15, 0.2) is 0 Å². The third kappa shape index (κ3) is 5.63. The van der Waals surface area contributed by atoms with Crippen molar-refractivity contribution in [1.82, 2.24) is 24.9 Å². The zero-order valence-electron chi connectivity index (χ0n) is 18.6. The van der Waals surface area contributed by atoms with Crippen LogP contribution in [0.25, 0.3) is 11.1 Å². The number of hydrogen-bond donors (Lipinski definition) is 1. The molecule has 168 valence electrons. The van der Waals surface area contributed by atoms with Gasteiger partial charge < -0.3 is 5.32 Å². The molecule has 1 amide bonds. The number of hydrogen-bond acceptors (Lipinski definition) is 4. The van der Waals surface area contributed by atoms with Crippen LogP contribution in [0.15, 0.2) is 83.9 Å². The molecule has 0 spiro atoms.